The van der Waals surface area contributed by atoms with E-state index >= 15 is 0 Å². The van der Waals surface area contributed by atoms with E-state index < -0.39 is 0 Å². The minimum absolute atomic E-state index is 0.198. The number of anilines is 1. The number of allylic oxidation sites excluding steroid dienone is 1. The van der Waals surface area contributed by atoms with Gasteiger partial charge in [0.15, 0.2) is 0 Å². The Balaban J connectivity index is 1.58. The van der Waals surface area contributed by atoms with Gasteiger partial charge in [-0.15, -0.1) is 0 Å². The molecule has 26 heavy (non-hydrogen) atoms. The molecule has 1 aliphatic rings. The summed E-state index contributed by atoms with van der Waals surface area (Å²) < 4.78 is 0. The summed E-state index contributed by atoms with van der Waals surface area (Å²) in [6.07, 6.45) is 8.16. The Labute approximate surface area is 157 Å². The van der Waals surface area contributed by atoms with Gasteiger partial charge in [-0.25, -0.2) is 4.98 Å². The van der Waals surface area contributed by atoms with Crippen LogP contribution in [0.5, 0.6) is 0 Å². The Morgan fingerprint density at radius 3 is 2.69 bits per heavy atom. The third kappa shape index (κ3) is 3.26. The maximum atomic E-state index is 12.3. The van der Waals surface area contributed by atoms with Crippen LogP contribution in [0.25, 0.3) is 17.2 Å². The first-order chi connectivity index (χ1) is 12.7. The summed E-state index contributed by atoms with van der Waals surface area (Å²) in [6, 6.07) is 17.6. The Bertz CT molecular complexity index is 993. The second kappa shape index (κ2) is 7.14. The van der Waals surface area contributed by atoms with E-state index in [0.29, 0.717) is 5.56 Å². The highest BCUT2D eigenvalue weighted by molar-refractivity contribution is 6.33. The van der Waals surface area contributed by atoms with E-state index in [9.17, 15) is 4.79 Å². The van der Waals surface area contributed by atoms with Crippen molar-refractivity contribution in [1.29, 1.82) is 0 Å². The maximum Gasteiger partial charge on any atom is 0.258 e. The molecule has 0 radical (unpaired) electrons. The minimum atomic E-state index is -0.268. The fraction of sp³-hybridized carbons (Fsp3) is 0.0909. The quantitative estimate of drug-likeness (QED) is 0.616. The summed E-state index contributed by atoms with van der Waals surface area (Å²) in [6.45, 7) is 0. The van der Waals surface area contributed by atoms with Crippen molar-refractivity contribution in [2.75, 3.05) is 5.32 Å². The Morgan fingerprint density at radius 1 is 1.04 bits per heavy atom. The molecule has 1 aliphatic carbocycles. The summed E-state index contributed by atoms with van der Waals surface area (Å²) in [4.78, 5) is 16.3. The SMILES string of the molecule is O=C(Nc1ccc(-c2cccc3c2C=CCC3)cc1)c1cccnc1Cl. The van der Waals surface area contributed by atoms with Crippen LogP contribution in [0.3, 0.4) is 0 Å². The zero-order chi connectivity index (χ0) is 17.9. The number of nitrogens with zero attached hydrogens (tertiary/aromatic N) is 1. The number of aromatic nitrogens is 1. The maximum absolute atomic E-state index is 12.3. The van der Waals surface area contributed by atoms with E-state index in [2.05, 4.69) is 40.7 Å². The summed E-state index contributed by atoms with van der Waals surface area (Å²) in [5, 5.41) is 3.06. The van der Waals surface area contributed by atoms with E-state index in [4.69, 9.17) is 11.6 Å². The molecular weight excluding hydrogens is 344 g/mol. The van der Waals surface area contributed by atoms with Gasteiger partial charge in [-0.1, -0.05) is 54.1 Å². The highest BCUT2D eigenvalue weighted by Crippen LogP contribution is 2.31. The molecule has 1 N–H and O–H groups in total. The molecule has 0 aliphatic heterocycles. The first-order valence-corrected chi connectivity index (χ1v) is 8.91. The van der Waals surface area contributed by atoms with Gasteiger partial charge < -0.3 is 5.32 Å². The molecule has 0 saturated heterocycles. The normalized spacial score (nSPS) is 12.5. The predicted molar refractivity (Wildman–Crippen MR) is 106 cm³/mol. The fourth-order valence-electron chi connectivity index (χ4n) is 3.21. The molecule has 4 heteroatoms. The molecule has 2 aromatic carbocycles. The topological polar surface area (TPSA) is 42.0 Å². The smallest absolute Gasteiger partial charge is 0.258 e. The van der Waals surface area contributed by atoms with Crippen molar-refractivity contribution in [1.82, 2.24) is 4.98 Å². The molecule has 1 aromatic heterocycles. The van der Waals surface area contributed by atoms with E-state index in [1.807, 2.05) is 24.3 Å². The zero-order valence-electron chi connectivity index (χ0n) is 14.1. The average Bonchev–Trinajstić information content (AvgIpc) is 2.68. The van der Waals surface area contributed by atoms with Gasteiger partial charge in [0.05, 0.1) is 5.56 Å². The number of rotatable bonds is 3. The Morgan fingerprint density at radius 2 is 1.88 bits per heavy atom. The van der Waals surface area contributed by atoms with Crippen molar-refractivity contribution in [2.45, 2.75) is 12.8 Å². The number of carbonyl (C=O) groups excluding carboxylic acids is 1. The molecule has 0 fully saturated rings. The van der Waals surface area contributed by atoms with E-state index in [-0.39, 0.29) is 11.1 Å². The van der Waals surface area contributed by atoms with Crippen molar-refractivity contribution in [3.05, 3.63) is 88.7 Å². The van der Waals surface area contributed by atoms with Gasteiger partial charge in [0.1, 0.15) is 5.15 Å². The molecular formula is C22H17ClN2O. The van der Waals surface area contributed by atoms with Crippen molar-refractivity contribution >= 4 is 29.3 Å². The lowest BCUT2D eigenvalue weighted by atomic mass is 9.90. The summed E-state index contributed by atoms with van der Waals surface area (Å²) in [7, 11) is 0. The van der Waals surface area contributed by atoms with Crippen LogP contribution in [0.1, 0.15) is 27.9 Å². The molecule has 1 amide bonds. The van der Waals surface area contributed by atoms with Gasteiger partial charge in [-0.3, -0.25) is 4.79 Å². The third-order valence-electron chi connectivity index (χ3n) is 4.52. The number of aryl methyl sites for hydroxylation is 1. The van der Waals surface area contributed by atoms with Crippen LogP contribution < -0.4 is 5.32 Å². The Kier molecular flexibility index (Phi) is 4.55. The first kappa shape index (κ1) is 16.6. The van der Waals surface area contributed by atoms with Crippen LogP contribution in [-0.4, -0.2) is 10.9 Å². The van der Waals surface area contributed by atoms with Crippen LogP contribution >= 0.6 is 11.6 Å². The van der Waals surface area contributed by atoms with E-state index in [1.165, 1.54) is 16.7 Å². The molecule has 3 nitrogen and oxygen atoms in total. The number of hydrogen-bond acceptors (Lipinski definition) is 2. The number of pyridine rings is 1. The number of amides is 1. The van der Waals surface area contributed by atoms with Crippen LogP contribution in [0.4, 0.5) is 5.69 Å². The summed E-state index contributed by atoms with van der Waals surface area (Å²) in [5.41, 5.74) is 6.10. The Hall–Kier alpha value is -2.91. The van der Waals surface area contributed by atoms with E-state index in [0.717, 1.165) is 24.1 Å². The number of halogens is 1. The largest absolute Gasteiger partial charge is 0.322 e. The second-order valence-electron chi connectivity index (χ2n) is 6.19. The summed E-state index contributed by atoms with van der Waals surface area (Å²) in [5.74, 6) is -0.268. The monoisotopic (exact) mass is 360 g/mol. The second-order valence-corrected chi connectivity index (χ2v) is 6.55. The van der Waals surface area contributed by atoms with Crippen LogP contribution in [0, 0.1) is 0 Å². The average molecular weight is 361 g/mol. The molecule has 128 valence electrons. The van der Waals surface area contributed by atoms with Crippen molar-refractivity contribution in [2.24, 2.45) is 0 Å². The summed E-state index contributed by atoms with van der Waals surface area (Å²) >= 11 is 5.98. The lowest BCUT2D eigenvalue weighted by Gasteiger charge is -2.15. The molecule has 4 rings (SSSR count). The molecule has 0 unspecified atom stereocenters. The number of fused-ring (bicyclic) bond motifs is 1. The fourth-order valence-corrected chi connectivity index (χ4v) is 3.41. The highest BCUT2D eigenvalue weighted by atomic mass is 35.5. The third-order valence-corrected chi connectivity index (χ3v) is 4.82. The molecule has 3 aromatic rings. The molecule has 0 bridgehead atoms. The molecule has 0 atom stereocenters. The standard InChI is InChI=1S/C22H17ClN2O/c23-21-20(9-4-14-24-21)22(26)25-17-12-10-16(11-13-17)19-8-3-6-15-5-1-2-7-18(15)19/h2-4,6-14H,1,5H2,(H,25,26). The van der Waals surface area contributed by atoms with Gasteiger partial charge in [-0.05, 0) is 59.4 Å². The molecule has 0 spiro atoms. The molecule has 1 heterocycles. The lowest BCUT2D eigenvalue weighted by Crippen LogP contribution is -2.12. The zero-order valence-corrected chi connectivity index (χ0v) is 14.8. The minimum Gasteiger partial charge on any atom is -0.322 e. The van der Waals surface area contributed by atoms with Gasteiger partial charge in [0.25, 0.3) is 5.91 Å². The molecule has 0 saturated carbocycles. The van der Waals surface area contributed by atoms with Crippen LogP contribution in [-0.2, 0) is 6.42 Å². The van der Waals surface area contributed by atoms with Gasteiger partial charge in [0, 0.05) is 11.9 Å². The number of hydrogen-bond donors (Lipinski definition) is 1. The van der Waals surface area contributed by atoms with Crippen molar-refractivity contribution < 1.29 is 4.79 Å². The van der Waals surface area contributed by atoms with Gasteiger partial charge in [0.2, 0.25) is 0 Å². The van der Waals surface area contributed by atoms with Crippen LogP contribution in [0.2, 0.25) is 5.15 Å². The number of nitrogens with one attached hydrogen (secondary N) is 1. The van der Waals surface area contributed by atoms with Gasteiger partial charge in [-0.2, -0.15) is 0 Å². The number of carbonyl (C=O) groups is 1. The number of benzene rings is 2. The van der Waals surface area contributed by atoms with E-state index in [1.54, 1.807) is 18.3 Å². The van der Waals surface area contributed by atoms with Crippen molar-refractivity contribution in [3.63, 3.8) is 0 Å². The lowest BCUT2D eigenvalue weighted by molar-refractivity contribution is 0.102. The first-order valence-electron chi connectivity index (χ1n) is 8.53. The van der Waals surface area contributed by atoms with Gasteiger partial charge >= 0.3 is 0 Å². The predicted octanol–water partition coefficient (Wildman–Crippen LogP) is 5.61. The van der Waals surface area contributed by atoms with Crippen molar-refractivity contribution in [3.8, 4) is 11.1 Å². The van der Waals surface area contributed by atoms with Crippen LogP contribution in [0.15, 0.2) is 66.9 Å². The highest BCUT2D eigenvalue weighted by Gasteiger charge is 2.12.